The summed E-state index contributed by atoms with van der Waals surface area (Å²) in [6.07, 6.45) is 39.4. The van der Waals surface area contributed by atoms with Crippen LogP contribution in [0.1, 0.15) is 239 Å². The van der Waals surface area contributed by atoms with Crippen molar-refractivity contribution in [3.05, 3.63) is 12.7 Å². The van der Waals surface area contributed by atoms with Gasteiger partial charge in [-0.1, -0.05) is 200 Å². The number of carbonyl (C=O) groups is 3. The highest BCUT2D eigenvalue weighted by Gasteiger charge is 2.23. The summed E-state index contributed by atoms with van der Waals surface area (Å²) in [6.45, 7) is 9.60. The van der Waals surface area contributed by atoms with Gasteiger partial charge in [-0.3, -0.25) is 14.4 Å². The number of rotatable bonds is 41. The number of unbranched alkanes of at least 4 members (excludes halogenated alkanes) is 28. The zero-order valence-corrected chi connectivity index (χ0v) is 35.7. The topological polar surface area (TPSA) is 103 Å². The Labute approximate surface area is 333 Å². The van der Waals surface area contributed by atoms with Gasteiger partial charge in [0.1, 0.15) is 13.2 Å². The Bertz CT molecular complexity index is 945. The second-order valence-corrected chi connectivity index (χ2v) is 16.1. The molecule has 0 aliphatic carbocycles. The second-order valence-electron chi connectivity index (χ2n) is 16.1. The molecule has 0 spiro atoms. The lowest BCUT2D eigenvalue weighted by atomic mass is 9.87. The van der Waals surface area contributed by atoms with Crippen molar-refractivity contribution < 1.29 is 28.6 Å². The first-order valence-electron chi connectivity index (χ1n) is 22.9. The van der Waals surface area contributed by atoms with Gasteiger partial charge in [-0.25, -0.2) is 0 Å². The average molecular weight is 760 g/mol. The number of ether oxygens (including phenoxy) is 3. The maximum atomic E-state index is 12.7. The van der Waals surface area contributed by atoms with Crippen LogP contribution in [-0.2, 0) is 28.6 Å². The summed E-state index contributed by atoms with van der Waals surface area (Å²) in [5.41, 5.74) is -0.819. The Hall–Kier alpha value is -2.36. The highest BCUT2D eigenvalue weighted by atomic mass is 16.6. The predicted octanol–water partition coefficient (Wildman–Crippen LogP) is 14.0. The highest BCUT2D eigenvalue weighted by Crippen LogP contribution is 2.23. The van der Waals surface area contributed by atoms with Crippen LogP contribution in [0.4, 0.5) is 0 Å². The fourth-order valence-corrected chi connectivity index (χ4v) is 6.72. The average Bonchev–Trinajstić information content (AvgIpc) is 3.17. The van der Waals surface area contributed by atoms with Crippen LogP contribution in [0.5, 0.6) is 0 Å². The maximum Gasteiger partial charge on any atom is 0.306 e. The monoisotopic (exact) mass is 760 g/mol. The lowest BCUT2D eigenvalue weighted by Gasteiger charge is -2.19. The molecular formula is C47H85NO6. The Kier molecular flexibility index (Phi) is 37.2. The Balaban J connectivity index is 4.28. The number of allylic oxidation sites excluding steroid dienone is 1. The van der Waals surface area contributed by atoms with Crippen LogP contribution in [0.3, 0.4) is 0 Å². The summed E-state index contributed by atoms with van der Waals surface area (Å²) in [4.78, 5) is 37.6. The Morgan fingerprint density at radius 3 is 1.13 bits per heavy atom. The molecule has 0 aliphatic heterocycles. The van der Waals surface area contributed by atoms with Crippen molar-refractivity contribution in [2.75, 3.05) is 13.2 Å². The van der Waals surface area contributed by atoms with E-state index in [4.69, 9.17) is 14.2 Å². The van der Waals surface area contributed by atoms with Gasteiger partial charge in [-0.05, 0) is 26.2 Å². The third-order valence-corrected chi connectivity index (χ3v) is 10.7. The van der Waals surface area contributed by atoms with E-state index in [-0.39, 0.29) is 44.4 Å². The van der Waals surface area contributed by atoms with Crippen molar-refractivity contribution in [3.8, 4) is 6.07 Å². The molecule has 0 aromatic heterocycles. The third kappa shape index (κ3) is 35.3. The lowest BCUT2D eigenvalue weighted by molar-refractivity contribution is -0.167. The van der Waals surface area contributed by atoms with Crippen molar-refractivity contribution in [1.29, 1.82) is 5.26 Å². The first-order chi connectivity index (χ1) is 26.3. The molecule has 1 unspecified atom stereocenters. The van der Waals surface area contributed by atoms with Crippen LogP contribution in [0.2, 0.25) is 0 Å². The molecule has 0 rings (SSSR count). The molecule has 0 aromatic carbocycles. The van der Waals surface area contributed by atoms with E-state index in [9.17, 15) is 19.6 Å². The van der Waals surface area contributed by atoms with E-state index in [2.05, 4.69) is 26.5 Å². The summed E-state index contributed by atoms with van der Waals surface area (Å²) in [7, 11) is 0. The molecule has 0 aliphatic rings. The summed E-state index contributed by atoms with van der Waals surface area (Å²) < 4.78 is 16.5. The van der Waals surface area contributed by atoms with Gasteiger partial charge >= 0.3 is 17.9 Å². The van der Waals surface area contributed by atoms with Gasteiger partial charge in [0.05, 0.1) is 11.5 Å². The van der Waals surface area contributed by atoms with Crippen LogP contribution < -0.4 is 0 Å². The first kappa shape index (κ1) is 51.6. The van der Waals surface area contributed by atoms with E-state index in [0.29, 0.717) is 6.42 Å². The molecule has 0 amide bonds. The van der Waals surface area contributed by atoms with E-state index < -0.39 is 17.5 Å². The van der Waals surface area contributed by atoms with Gasteiger partial charge in [0.2, 0.25) is 0 Å². The summed E-state index contributed by atoms with van der Waals surface area (Å²) in [6, 6.07) is 2.16. The van der Waals surface area contributed by atoms with Gasteiger partial charge in [-0.15, -0.1) is 6.58 Å². The number of esters is 3. The molecule has 2 atom stereocenters. The zero-order valence-electron chi connectivity index (χ0n) is 35.7. The number of hydrogen-bond acceptors (Lipinski definition) is 7. The van der Waals surface area contributed by atoms with E-state index >= 15 is 0 Å². The van der Waals surface area contributed by atoms with E-state index in [0.717, 1.165) is 38.5 Å². The number of nitrogens with zero attached hydrogens (tertiary/aromatic N) is 1. The lowest BCUT2D eigenvalue weighted by Crippen LogP contribution is -2.31. The minimum Gasteiger partial charge on any atom is -0.462 e. The fraction of sp³-hybridized carbons (Fsp3) is 0.872. The minimum atomic E-state index is -0.857. The van der Waals surface area contributed by atoms with Gasteiger partial charge < -0.3 is 14.2 Å². The van der Waals surface area contributed by atoms with Crippen LogP contribution in [0.15, 0.2) is 12.7 Å². The van der Waals surface area contributed by atoms with Crippen LogP contribution >= 0.6 is 0 Å². The van der Waals surface area contributed by atoms with Crippen molar-refractivity contribution in [2.24, 2.45) is 5.41 Å². The van der Waals surface area contributed by atoms with Gasteiger partial charge in [0.15, 0.2) is 6.10 Å². The standard InChI is InChI=1S/C47H85NO6/c1-5-8-10-12-14-16-18-20-22-24-26-28-30-32-34-36-44(49)52-40-43(41-53-45(50)38-39-47(4,7-3)42-48)54-46(51)37-35-33-31-29-27-25-23-21-19-17-15-13-11-9-6-2/h7,43H,3,5-6,8-41H2,1-2,4H3/t43-,47?/m1/s1. The molecule has 7 nitrogen and oxygen atoms in total. The van der Waals surface area contributed by atoms with Gasteiger partial charge in [-0.2, -0.15) is 5.26 Å². The quantitative estimate of drug-likeness (QED) is 0.0264. The van der Waals surface area contributed by atoms with E-state index in [1.54, 1.807) is 6.92 Å². The molecule has 314 valence electrons. The molecule has 0 saturated carbocycles. The smallest absolute Gasteiger partial charge is 0.306 e. The minimum absolute atomic E-state index is 0.0366. The Morgan fingerprint density at radius 1 is 0.519 bits per heavy atom. The predicted molar refractivity (Wildman–Crippen MR) is 224 cm³/mol. The second kappa shape index (κ2) is 38.9. The van der Waals surface area contributed by atoms with Crippen molar-refractivity contribution in [3.63, 3.8) is 0 Å². The van der Waals surface area contributed by atoms with Crippen LogP contribution in [-0.4, -0.2) is 37.2 Å². The Morgan fingerprint density at radius 2 is 0.815 bits per heavy atom. The molecule has 0 fully saturated rings. The summed E-state index contributed by atoms with van der Waals surface area (Å²) in [5, 5.41) is 9.35. The number of hydrogen-bond donors (Lipinski definition) is 0. The largest absolute Gasteiger partial charge is 0.462 e. The maximum absolute atomic E-state index is 12.7. The van der Waals surface area contributed by atoms with Crippen molar-refractivity contribution >= 4 is 17.9 Å². The third-order valence-electron chi connectivity index (χ3n) is 10.7. The highest BCUT2D eigenvalue weighted by molar-refractivity contribution is 5.71. The normalized spacial score (nSPS) is 12.8. The van der Waals surface area contributed by atoms with Gasteiger partial charge in [0.25, 0.3) is 0 Å². The zero-order chi connectivity index (χ0) is 39.8. The van der Waals surface area contributed by atoms with Gasteiger partial charge in [0, 0.05) is 19.3 Å². The molecule has 0 N–H and O–H groups in total. The van der Waals surface area contributed by atoms with Crippen LogP contribution in [0.25, 0.3) is 0 Å². The molecule has 0 aromatic rings. The summed E-state index contributed by atoms with van der Waals surface area (Å²) >= 11 is 0. The van der Waals surface area contributed by atoms with Crippen LogP contribution in [0, 0.1) is 16.7 Å². The molecule has 0 bridgehead atoms. The van der Waals surface area contributed by atoms with Crippen molar-refractivity contribution in [1.82, 2.24) is 0 Å². The van der Waals surface area contributed by atoms with E-state index in [1.165, 1.54) is 160 Å². The van der Waals surface area contributed by atoms with Crippen molar-refractivity contribution in [2.45, 2.75) is 245 Å². The molecule has 0 heterocycles. The number of nitriles is 1. The van der Waals surface area contributed by atoms with E-state index in [1.807, 2.05) is 0 Å². The molecule has 7 heteroatoms. The fourth-order valence-electron chi connectivity index (χ4n) is 6.72. The molecule has 54 heavy (non-hydrogen) atoms. The SMILES string of the molecule is C=CC(C)(C#N)CCC(=O)OC[C@@H](COC(=O)CCCCCCCCCCCCCCCCC)OC(=O)CCCCCCCCCCCCCCCCC. The molecular weight excluding hydrogens is 675 g/mol. The summed E-state index contributed by atoms with van der Waals surface area (Å²) in [5.74, 6) is -1.19. The first-order valence-corrected chi connectivity index (χ1v) is 22.9. The molecule has 0 saturated heterocycles. The molecule has 0 radical (unpaired) electrons. The number of carbonyl (C=O) groups excluding carboxylic acids is 3.